The molecule has 0 aromatic heterocycles. The first-order valence-electron chi connectivity index (χ1n) is 7.59. The lowest BCUT2D eigenvalue weighted by atomic mass is 10.1. The first-order chi connectivity index (χ1) is 11.0. The molecule has 4 heteroatoms. The first-order valence-corrected chi connectivity index (χ1v) is 7.59. The monoisotopic (exact) mass is 314 g/mol. The molecule has 0 N–H and O–H groups in total. The van der Waals surface area contributed by atoms with E-state index in [0.717, 1.165) is 11.3 Å². The minimum absolute atomic E-state index is 0.117. The van der Waals surface area contributed by atoms with Gasteiger partial charge in [0, 0.05) is 0 Å². The van der Waals surface area contributed by atoms with E-state index in [1.54, 1.807) is 12.1 Å². The predicted molar refractivity (Wildman–Crippen MR) is 88.7 cm³/mol. The number of carbonyl (C=O) groups is 1. The summed E-state index contributed by atoms with van der Waals surface area (Å²) in [6.45, 7) is 6.13. The lowest BCUT2D eigenvalue weighted by Gasteiger charge is -2.14. The highest BCUT2D eigenvalue weighted by Gasteiger charge is 2.10. The van der Waals surface area contributed by atoms with Gasteiger partial charge in [0.05, 0.1) is 11.7 Å². The van der Waals surface area contributed by atoms with Gasteiger partial charge in [0.1, 0.15) is 12.4 Å². The summed E-state index contributed by atoms with van der Waals surface area (Å²) in [4.78, 5) is 11.9. The Hall–Kier alpha value is -2.33. The van der Waals surface area contributed by atoms with Gasteiger partial charge in [-0.1, -0.05) is 35.4 Å². The minimum atomic E-state index is -0.347. The van der Waals surface area contributed by atoms with E-state index in [1.165, 1.54) is 5.56 Å². The molecule has 0 aliphatic carbocycles. The van der Waals surface area contributed by atoms with Gasteiger partial charge in [0.2, 0.25) is 0 Å². The lowest BCUT2D eigenvalue weighted by Crippen LogP contribution is -2.21. The van der Waals surface area contributed by atoms with Gasteiger partial charge in [-0.15, -0.1) is 0 Å². The number of carbonyl (C=O) groups excluding carboxylic acids is 1. The normalized spacial score (nSPS) is 11.8. The molecular weight excluding hydrogens is 292 g/mol. The molecule has 2 aromatic rings. The maximum Gasteiger partial charge on any atom is 0.338 e. The standard InChI is InChI=1S/C19H22O4/c1-14-4-8-17(9-5-14)19(20)21-12-16(3)22-13-23-18-10-6-15(2)7-11-18/h4-11,16H,12-13H2,1-3H3. The second-order valence-corrected chi connectivity index (χ2v) is 5.52. The van der Waals surface area contributed by atoms with Crippen LogP contribution >= 0.6 is 0 Å². The summed E-state index contributed by atoms with van der Waals surface area (Å²) < 4.78 is 16.2. The summed E-state index contributed by atoms with van der Waals surface area (Å²) in [5.74, 6) is 0.402. The number of aryl methyl sites for hydroxylation is 2. The Bertz CT molecular complexity index is 617. The van der Waals surface area contributed by atoms with E-state index in [2.05, 4.69) is 0 Å². The van der Waals surface area contributed by atoms with E-state index in [-0.39, 0.29) is 25.5 Å². The van der Waals surface area contributed by atoms with Gasteiger partial charge in [-0.2, -0.15) is 0 Å². The van der Waals surface area contributed by atoms with Crippen LogP contribution in [0.5, 0.6) is 5.75 Å². The van der Waals surface area contributed by atoms with Gasteiger partial charge in [-0.25, -0.2) is 4.79 Å². The SMILES string of the molecule is Cc1ccc(OCOC(C)COC(=O)c2ccc(C)cc2)cc1. The van der Waals surface area contributed by atoms with E-state index < -0.39 is 0 Å². The second kappa shape index (κ2) is 8.34. The van der Waals surface area contributed by atoms with Crippen LogP contribution in [0.15, 0.2) is 48.5 Å². The largest absolute Gasteiger partial charge is 0.468 e. The zero-order chi connectivity index (χ0) is 16.7. The van der Waals surface area contributed by atoms with Crippen molar-refractivity contribution in [1.82, 2.24) is 0 Å². The first kappa shape index (κ1) is 17.0. The quantitative estimate of drug-likeness (QED) is 0.574. The van der Waals surface area contributed by atoms with Crippen molar-refractivity contribution >= 4 is 5.97 Å². The highest BCUT2D eigenvalue weighted by atomic mass is 16.7. The molecule has 2 rings (SSSR count). The van der Waals surface area contributed by atoms with Crippen LogP contribution in [0.2, 0.25) is 0 Å². The van der Waals surface area contributed by atoms with E-state index in [4.69, 9.17) is 14.2 Å². The van der Waals surface area contributed by atoms with Crippen LogP contribution in [0.4, 0.5) is 0 Å². The van der Waals surface area contributed by atoms with Gasteiger partial charge in [-0.05, 0) is 45.0 Å². The second-order valence-electron chi connectivity index (χ2n) is 5.52. The molecule has 1 atom stereocenters. The van der Waals surface area contributed by atoms with E-state index in [1.807, 2.05) is 57.2 Å². The third-order valence-corrected chi connectivity index (χ3v) is 3.34. The molecule has 0 bridgehead atoms. The van der Waals surface area contributed by atoms with Crippen molar-refractivity contribution in [2.45, 2.75) is 26.9 Å². The highest BCUT2D eigenvalue weighted by molar-refractivity contribution is 5.89. The Morgan fingerprint density at radius 1 is 0.957 bits per heavy atom. The van der Waals surface area contributed by atoms with E-state index >= 15 is 0 Å². The van der Waals surface area contributed by atoms with E-state index in [0.29, 0.717) is 5.56 Å². The zero-order valence-corrected chi connectivity index (χ0v) is 13.7. The molecule has 1 unspecified atom stereocenters. The summed E-state index contributed by atoms with van der Waals surface area (Å²) in [6, 6.07) is 15.0. The molecule has 0 fully saturated rings. The fraction of sp³-hybridized carbons (Fsp3) is 0.316. The maximum absolute atomic E-state index is 11.9. The summed E-state index contributed by atoms with van der Waals surface area (Å²) in [7, 11) is 0. The van der Waals surface area contributed by atoms with Crippen LogP contribution < -0.4 is 4.74 Å². The van der Waals surface area contributed by atoms with Gasteiger partial charge in [-0.3, -0.25) is 0 Å². The topological polar surface area (TPSA) is 44.8 Å². The Labute approximate surface area is 137 Å². The van der Waals surface area contributed by atoms with Crippen molar-refractivity contribution in [1.29, 1.82) is 0 Å². The fourth-order valence-electron chi connectivity index (χ4n) is 1.87. The molecule has 0 aliphatic rings. The van der Waals surface area contributed by atoms with Gasteiger partial charge in [0.15, 0.2) is 6.79 Å². The van der Waals surface area contributed by atoms with Crippen LogP contribution in [0, 0.1) is 13.8 Å². The Morgan fingerprint density at radius 3 is 2.13 bits per heavy atom. The minimum Gasteiger partial charge on any atom is -0.468 e. The molecule has 2 aromatic carbocycles. The molecule has 0 aliphatic heterocycles. The zero-order valence-electron chi connectivity index (χ0n) is 13.7. The molecule has 122 valence electrons. The molecule has 4 nitrogen and oxygen atoms in total. The maximum atomic E-state index is 11.9. The van der Waals surface area contributed by atoms with Gasteiger partial charge in [0.25, 0.3) is 0 Å². The Balaban J connectivity index is 1.68. The van der Waals surface area contributed by atoms with Crippen molar-refractivity contribution in [2.75, 3.05) is 13.4 Å². The van der Waals surface area contributed by atoms with Crippen molar-refractivity contribution < 1.29 is 19.0 Å². The average Bonchev–Trinajstić information content (AvgIpc) is 2.55. The van der Waals surface area contributed by atoms with Gasteiger partial charge >= 0.3 is 5.97 Å². The molecular formula is C19H22O4. The van der Waals surface area contributed by atoms with E-state index in [9.17, 15) is 4.79 Å². The van der Waals surface area contributed by atoms with Crippen molar-refractivity contribution in [2.24, 2.45) is 0 Å². The van der Waals surface area contributed by atoms with Gasteiger partial charge < -0.3 is 14.2 Å². The molecule has 0 saturated carbocycles. The third kappa shape index (κ3) is 5.75. The van der Waals surface area contributed by atoms with Crippen LogP contribution in [0.25, 0.3) is 0 Å². The molecule has 0 saturated heterocycles. The number of esters is 1. The highest BCUT2D eigenvalue weighted by Crippen LogP contribution is 2.11. The number of ether oxygens (including phenoxy) is 3. The number of hydrogen-bond donors (Lipinski definition) is 0. The van der Waals surface area contributed by atoms with Crippen molar-refractivity contribution in [3.8, 4) is 5.75 Å². The summed E-state index contributed by atoms with van der Waals surface area (Å²) in [5, 5.41) is 0. The third-order valence-electron chi connectivity index (χ3n) is 3.34. The lowest BCUT2D eigenvalue weighted by molar-refractivity contribution is -0.0543. The van der Waals surface area contributed by atoms with Crippen LogP contribution in [-0.4, -0.2) is 25.5 Å². The van der Waals surface area contributed by atoms with Crippen molar-refractivity contribution in [3.05, 3.63) is 65.2 Å². The molecule has 0 heterocycles. The predicted octanol–water partition coefficient (Wildman–Crippen LogP) is 3.90. The van der Waals surface area contributed by atoms with Crippen LogP contribution in [0.3, 0.4) is 0 Å². The summed E-state index contributed by atoms with van der Waals surface area (Å²) in [6.07, 6.45) is -0.241. The summed E-state index contributed by atoms with van der Waals surface area (Å²) in [5.41, 5.74) is 2.82. The Kier molecular flexibility index (Phi) is 6.18. The fourth-order valence-corrected chi connectivity index (χ4v) is 1.87. The smallest absolute Gasteiger partial charge is 0.338 e. The molecule has 0 radical (unpaired) electrons. The Morgan fingerprint density at radius 2 is 1.52 bits per heavy atom. The van der Waals surface area contributed by atoms with Crippen molar-refractivity contribution in [3.63, 3.8) is 0 Å². The molecule has 0 amide bonds. The molecule has 23 heavy (non-hydrogen) atoms. The summed E-state index contributed by atoms with van der Waals surface area (Å²) >= 11 is 0. The molecule has 0 spiro atoms. The number of rotatable bonds is 7. The van der Waals surface area contributed by atoms with Crippen LogP contribution in [-0.2, 0) is 9.47 Å². The number of hydrogen-bond acceptors (Lipinski definition) is 4. The number of benzene rings is 2. The van der Waals surface area contributed by atoms with Crippen LogP contribution in [0.1, 0.15) is 28.4 Å². The average molecular weight is 314 g/mol.